The zero-order chi connectivity index (χ0) is 36.1. The van der Waals surface area contributed by atoms with E-state index in [9.17, 15) is 31.1 Å². The van der Waals surface area contributed by atoms with Crippen LogP contribution in [0.25, 0.3) is 0 Å². The second-order valence-electron chi connectivity index (χ2n) is 12.5. The lowest BCUT2D eigenvalue weighted by molar-refractivity contribution is -0.00834. The lowest BCUT2D eigenvalue weighted by Crippen LogP contribution is -2.48. The fourth-order valence-corrected chi connectivity index (χ4v) is 8.22. The lowest BCUT2D eigenvalue weighted by Gasteiger charge is -2.35. The molecule has 4 atom stereocenters. The van der Waals surface area contributed by atoms with Crippen molar-refractivity contribution < 1.29 is 45.1 Å². The van der Waals surface area contributed by atoms with E-state index in [2.05, 4.69) is 9.88 Å². The third kappa shape index (κ3) is 9.16. The smallest absolute Gasteiger partial charge is 0.267 e. The summed E-state index contributed by atoms with van der Waals surface area (Å²) in [5.41, 5.74) is 0.355. The summed E-state index contributed by atoms with van der Waals surface area (Å²) in [5, 5.41) is 13.9. The van der Waals surface area contributed by atoms with Crippen molar-refractivity contribution in [3.8, 4) is 5.75 Å². The number of aliphatic hydroxyl groups is 1. The van der Waals surface area contributed by atoms with Crippen LogP contribution in [-0.2, 0) is 24.8 Å². The highest BCUT2D eigenvalue weighted by molar-refractivity contribution is 7.92. The van der Waals surface area contributed by atoms with Crippen molar-refractivity contribution in [3.05, 3.63) is 65.3 Å². The standard InChI is InChI=1S/C33H45FN4O9S2/c1-21-18-38(22(2)20-39)33(40)29-17-27(36-48(41,42)32-24(4)35-47-25(32)5)12-15-30(29)46-23(3)9-7-8-16-45-31(21)19-37(6)49(43,44)28-13-10-26(34)11-14-28/h10-15,17,21-23,31,36,39H,7-9,16,18-20H2,1-6H3/t21-,22-,23-,31-/m0/s1. The van der Waals surface area contributed by atoms with Crippen LogP contribution in [-0.4, -0.2) is 93.8 Å². The molecule has 0 unspecified atom stereocenters. The molecule has 0 radical (unpaired) electrons. The molecule has 1 aliphatic rings. The number of ether oxygens (including phenoxy) is 2. The molecule has 1 aliphatic heterocycles. The van der Waals surface area contributed by atoms with Crippen molar-refractivity contribution in [3.63, 3.8) is 0 Å². The summed E-state index contributed by atoms with van der Waals surface area (Å²) in [6.07, 6.45) is 1.03. The van der Waals surface area contributed by atoms with Gasteiger partial charge < -0.3 is 24.0 Å². The Bertz CT molecular complexity index is 1800. The van der Waals surface area contributed by atoms with Gasteiger partial charge in [-0.25, -0.2) is 21.2 Å². The molecule has 0 bridgehead atoms. The van der Waals surface area contributed by atoms with Crippen molar-refractivity contribution in [1.82, 2.24) is 14.4 Å². The fraction of sp³-hybridized carbons (Fsp3) is 0.515. The summed E-state index contributed by atoms with van der Waals surface area (Å²) in [7, 11) is -6.71. The zero-order valence-corrected chi connectivity index (χ0v) is 30.2. The normalized spacial score (nSPS) is 20.7. The number of amides is 1. The minimum Gasteiger partial charge on any atom is -0.490 e. The predicted octanol–water partition coefficient (Wildman–Crippen LogP) is 4.35. The highest BCUT2D eigenvalue weighted by Gasteiger charge is 2.33. The lowest BCUT2D eigenvalue weighted by atomic mass is 10.0. The number of nitrogens with zero attached hydrogens (tertiary/aromatic N) is 3. The molecule has 0 fully saturated rings. The Kier molecular flexibility index (Phi) is 12.5. The first-order valence-electron chi connectivity index (χ1n) is 16.1. The maximum Gasteiger partial charge on any atom is 0.267 e. The number of nitrogens with one attached hydrogen (secondary N) is 1. The molecule has 0 aliphatic carbocycles. The molecule has 1 amide bonds. The highest BCUT2D eigenvalue weighted by atomic mass is 32.2. The van der Waals surface area contributed by atoms with E-state index in [0.29, 0.717) is 19.4 Å². The van der Waals surface area contributed by atoms with Crippen LogP contribution in [0.2, 0.25) is 0 Å². The Balaban J connectivity index is 1.69. The maximum atomic E-state index is 14.4. The van der Waals surface area contributed by atoms with E-state index >= 15 is 0 Å². The van der Waals surface area contributed by atoms with Crippen molar-refractivity contribution in [1.29, 1.82) is 0 Å². The van der Waals surface area contributed by atoms with Gasteiger partial charge in [-0.3, -0.25) is 9.52 Å². The zero-order valence-electron chi connectivity index (χ0n) is 28.5. The average Bonchev–Trinajstić information content (AvgIpc) is 3.40. The molecule has 4 rings (SSSR count). The number of rotatable bonds is 9. The van der Waals surface area contributed by atoms with Gasteiger partial charge in [-0.05, 0) is 89.4 Å². The number of aliphatic hydroxyl groups excluding tert-OH is 1. The first-order valence-corrected chi connectivity index (χ1v) is 19.0. The van der Waals surface area contributed by atoms with Crippen LogP contribution in [0.15, 0.2) is 56.8 Å². The first-order chi connectivity index (χ1) is 23.0. The predicted molar refractivity (Wildman–Crippen MR) is 180 cm³/mol. The van der Waals surface area contributed by atoms with Crippen molar-refractivity contribution in [2.45, 2.75) is 81.9 Å². The largest absolute Gasteiger partial charge is 0.490 e. The van der Waals surface area contributed by atoms with E-state index in [1.54, 1.807) is 6.92 Å². The molecule has 13 nitrogen and oxygen atoms in total. The van der Waals surface area contributed by atoms with E-state index in [1.807, 2.05) is 13.8 Å². The number of benzene rings is 2. The van der Waals surface area contributed by atoms with Gasteiger partial charge in [0.15, 0.2) is 10.7 Å². The van der Waals surface area contributed by atoms with E-state index in [1.165, 1.54) is 56.1 Å². The summed E-state index contributed by atoms with van der Waals surface area (Å²) in [6, 6.07) is 8.31. The van der Waals surface area contributed by atoms with Crippen LogP contribution in [0, 0.1) is 25.6 Å². The van der Waals surface area contributed by atoms with E-state index < -0.39 is 49.8 Å². The Labute approximate surface area is 287 Å². The molecule has 2 N–H and O–H groups in total. The summed E-state index contributed by atoms with van der Waals surface area (Å²) in [6.45, 7) is 8.31. The molecular weight excluding hydrogens is 680 g/mol. The number of carbonyl (C=O) groups is 1. The molecule has 270 valence electrons. The van der Waals surface area contributed by atoms with E-state index in [-0.39, 0.29) is 64.0 Å². The second-order valence-corrected chi connectivity index (χ2v) is 16.2. The third-order valence-corrected chi connectivity index (χ3v) is 12.0. The Morgan fingerprint density at radius 2 is 1.80 bits per heavy atom. The number of hydrogen-bond acceptors (Lipinski definition) is 10. The summed E-state index contributed by atoms with van der Waals surface area (Å²) in [5.74, 6) is -1.16. The molecule has 3 aromatic rings. The van der Waals surface area contributed by atoms with Crippen molar-refractivity contribution in [2.75, 3.05) is 38.1 Å². The van der Waals surface area contributed by atoms with E-state index in [0.717, 1.165) is 22.9 Å². The average molecular weight is 725 g/mol. The minimum absolute atomic E-state index is 0.0552. The number of halogens is 1. The summed E-state index contributed by atoms with van der Waals surface area (Å²) >= 11 is 0. The monoisotopic (exact) mass is 724 g/mol. The third-order valence-electron chi connectivity index (χ3n) is 8.50. The number of carbonyl (C=O) groups excluding carboxylic acids is 1. The Hall–Kier alpha value is -3.57. The van der Waals surface area contributed by atoms with Crippen LogP contribution in [0.3, 0.4) is 0 Å². The number of anilines is 1. The maximum absolute atomic E-state index is 14.4. The van der Waals surface area contributed by atoms with Gasteiger partial charge in [-0.1, -0.05) is 12.1 Å². The topological polar surface area (TPSA) is 169 Å². The molecule has 2 aromatic carbocycles. The van der Waals surface area contributed by atoms with Gasteiger partial charge in [0, 0.05) is 38.3 Å². The fourth-order valence-electron chi connectivity index (χ4n) is 5.65. The van der Waals surface area contributed by atoms with Gasteiger partial charge in [-0.15, -0.1) is 0 Å². The quantitative estimate of drug-likeness (QED) is 0.324. The van der Waals surface area contributed by atoms with Crippen LogP contribution >= 0.6 is 0 Å². The van der Waals surface area contributed by atoms with Gasteiger partial charge in [0.1, 0.15) is 17.3 Å². The minimum atomic E-state index is -4.13. The molecule has 49 heavy (non-hydrogen) atoms. The number of sulfonamides is 2. The first kappa shape index (κ1) is 38.2. The van der Waals surface area contributed by atoms with Gasteiger partial charge in [0.05, 0.1) is 35.3 Å². The number of aromatic nitrogens is 1. The number of hydrogen-bond donors (Lipinski definition) is 2. The molecule has 2 heterocycles. The van der Waals surface area contributed by atoms with Gasteiger partial charge >= 0.3 is 0 Å². The molecule has 0 saturated heterocycles. The van der Waals surface area contributed by atoms with Crippen LogP contribution in [0.5, 0.6) is 5.75 Å². The number of likely N-dealkylation sites (N-methyl/N-ethyl adjacent to an activating group) is 1. The highest BCUT2D eigenvalue weighted by Crippen LogP contribution is 2.30. The molecule has 16 heteroatoms. The summed E-state index contributed by atoms with van der Waals surface area (Å²) < 4.78 is 88.0. The SMILES string of the molecule is Cc1noc(C)c1S(=O)(=O)Nc1ccc2c(c1)C(=O)N([C@@H](C)CO)C[C@H](C)[C@H](CN(C)S(=O)(=O)c1ccc(F)cc1)OCCCC[C@H](C)O2. The second kappa shape index (κ2) is 16.0. The Morgan fingerprint density at radius 3 is 2.43 bits per heavy atom. The van der Waals surface area contributed by atoms with Gasteiger partial charge in [0.2, 0.25) is 10.0 Å². The molecule has 0 spiro atoms. The summed E-state index contributed by atoms with van der Waals surface area (Å²) in [4.78, 5) is 15.6. The van der Waals surface area contributed by atoms with Gasteiger partial charge in [-0.2, -0.15) is 4.31 Å². The molecule has 1 aromatic heterocycles. The molecular formula is C33H45FN4O9S2. The van der Waals surface area contributed by atoms with Crippen molar-refractivity contribution in [2.24, 2.45) is 5.92 Å². The Morgan fingerprint density at radius 1 is 1.10 bits per heavy atom. The van der Waals surface area contributed by atoms with Crippen LogP contribution < -0.4 is 9.46 Å². The van der Waals surface area contributed by atoms with Gasteiger partial charge in [0.25, 0.3) is 15.9 Å². The van der Waals surface area contributed by atoms with Crippen LogP contribution in [0.1, 0.15) is 61.8 Å². The van der Waals surface area contributed by atoms with Crippen LogP contribution in [0.4, 0.5) is 10.1 Å². The van der Waals surface area contributed by atoms with E-state index in [4.69, 9.17) is 14.0 Å². The van der Waals surface area contributed by atoms with Crippen molar-refractivity contribution >= 4 is 31.6 Å². The molecule has 0 saturated carbocycles. The number of aryl methyl sites for hydroxylation is 2. The number of fused-ring (bicyclic) bond motifs is 1.